The molecule has 0 bridgehead atoms. The maximum Gasteiger partial charge on any atom is 0.407 e. The number of carbonyl (C=O) groups excluding carboxylic acids is 3. The highest BCUT2D eigenvalue weighted by Gasteiger charge is 2.31. The van der Waals surface area contributed by atoms with E-state index in [1.807, 2.05) is 111 Å². The number of primary amides is 1. The van der Waals surface area contributed by atoms with E-state index < -0.39 is 36.5 Å². The first kappa shape index (κ1) is 27.6. The van der Waals surface area contributed by atoms with Gasteiger partial charge in [-0.15, -0.1) is 0 Å². The van der Waals surface area contributed by atoms with E-state index in [9.17, 15) is 14.4 Å². The van der Waals surface area contributed by atoms with Gasteiger partial charge in [-0.1, -0.05) is 108 Å². The van der Waals surface area contributed by atoms with Gasteiger partial charge in [0.25, 0.3) is 0 Å². The van der Waals surface area contributed by atoms with E-state index in [0.717, 1.165) is 44.5 Å². The van der Waals surface area contributed by atoms with Gasteiger partial charge < -0.3 is 20.5 Å². The number of nitrogens with one attached hydrogen (secondary N) is 1. The summed E-state index contributed by atoms with van der Waals surface area (Å²) in [4.78, 5) is 38.2. The van der Waals surface area contributed by atoms with Gasteiger partial charge in [-0.2, -0.15) is 0 Å². The van der Waals surface area contributed by atoms with Crippen LogP contribution in [0.3, 0.4) is 0 Å². The summed E-state index contributed by atoms with van der Waals surface area (Å²) in [6.07, 6.45) is -2.02. The number of alkyl carbamates (subject to hydrolysis) is 1. The van der Waals surface area contributed by atoms with E-state index in [0.29, 0.717) is 0 Å². The summed E-state index contributed by atoms with van der Waals surface area (Å²) in [6, 6.07) is 29.9. The smallest absolute Gasteiger partial charge is 0.407 e. The lowest BCUT2D eigenvalue weighted by Gasteiger charge is -2.23. The Bertz CT molecular complexity index is 1470. The lowest BCUT2D eigenvalue weighted by Crippen LogP contribution is -2.45. The number of amides is 2. The summed E-state index contributed by atoms with van der Waals surface area (Å²) in [5.74, 6) is -1.70. The van der Waals surface area contributed by atoms with Crippen LogP contribution in [-0.4, -0.2) is 30.6 Å². The average molecular weight is 549 g/mol. The van der Waals surface area contributed by atoms with Crippen LogP contribution in [0.15, 0.2) is 97.1 Å². The van der Waals surface area contributed by atoms with Gasteiger partial charge in [-0.3, -0.25) is 4.79 Å². The number of rotatable bonds is 9. The standard InChI is InChI=1S/C34H32N2O5/c1-21-11-15-23(16-12-21)32(24-17-13-22(2)14-18-24)41-33(38)30(19-31(35)37)36-34(39)40-20-29-27-9-5-3-7-25(27)26-8-4-6-10-28(26)29/h3-18,29-30,32H,19-20H2,1-2H3,(H2,35,37)(H,36,39)/t30-/m0/s1. The van der Waals surface area contributed by atoms with Crippen molar-refractivity contribution in [3.63, 3.8) is 0 Å². The molecule has 7 heteroatoms. The molecular formula is C34H32N2O5. The Balaban J connectivity index is 1.31. The molecule has 1 aliphatic rings. The number of aryl methyl sites for hydroxylation is 2. The van der Waals surface area contributed by atoms with Crippen LogP contribution in [0, 0.1) is 13.8 Å². The van der Waals surface area contributed by atoms with E-state index in [2.05, 4.69) is 5.32 Å². The Morgan fingerprint density at radius 2 is 1.24 bits per heavy atom. The van der Waals surface area contributed by atoms with E-state index in [-0.39, 0.29) is 12.5 Å². The van der Waals surface area contributed by atoms with Crippen molar-refractivity contribution in [3.05, 3.63) is 130 Å². The van der Waals surface area contributed by atoms with Crippen molar-refractivity contribution in [2.75, 3.05) is 6.61 Å². The summed E-state index contributed by atoms with van der Waals surface area (Å²) in [7, 11) is 0. The third-order valence-electron chi connectivity index (χ3n) is 7.32. The first-order valence-electron chi connectivity index (χ1n) is 13.5. The van der Waals surface area contributed by atoms with Crippen LogP contribution in [0.25, 0.3) is 11.1 Å². The molecule has 41 heavy (non-hydrogen) atoms. The maximum absolute atomic E-state index is 13.4. The van der Waals surface area contributed by atoms with Crippen molar-refractivity contribution in [2.24, 2.45) is 5.73 Å². The summed E-state index contributed by atoms with van der Waals surface area (Å²) >= 11 is 0. The minimum absolute atomic E-state index is 0.0631. The zero-order valence-corrected chi connectivity index (χ0v) is 23.0. The van der Waals surface area contributed by atoms with Crippen LogP contribution in [-0.2, 0) is 19.1 Å². The Morgan fingerprint density at radius 3 is 1.73 bits per heavy atom. The van der Waals surface area contributed by atoms with Crippen LogP contribution in [0.5, 0.6) is 0 Å². The molecule has 1 atom stereocenters. The zero-order valence-electron chi connectivity index (χ0n) is 23.0. The molecule has 0 saturated carbocycles. The van der Waals surface area contributed by atoms with Gasteiger partial charge in [0.05, 0.1) is 6.42 Å². The van der Waals surface area contributed by atoms with Gasteiger partial charge in [-0.25, -0.2) is 9.59 Å². The second-order valence-corrected chi connectivity index (χ2v) is 10.3. The largest absolute Gasteiger partial charge is 0.451 e. The topological polar surface area (TPSA) is 108 Å². The third kappa shape index (κ3) is 6.30. The van der Waals surface area contributed by atoms with Crippen molar-refractivity contribution >= 4 is 18.0 Å². The molecule has 0 aliphatic heterocycles. The van der Waals surface area contributed by atoms with Crippen molar-refractivity contribution in [2.45, 2.75) is 38.3 Å². The first-order valence-corrected chi connectivity index (χ1v) is 13.5. The monoisotopic (exact) mass is 548 g/mol. The van der Waals surface area contributed by atoms with Gasteiger partial charge in [0, 0.05) is 5.92 Å². The molecule has 5 rings (SSSR count). The lowest BCUT2D eigenvalue weighted by molar-refractivity contribution is -0.151. The number of hydrogen-bond acceptors (Lipinski definition) is 5. The molecule has 0 spiro atoms. The number of carbonyl (C=O) groups is 3. The molecule has 208 valence electrons. The van der Waals surface area contributed by atoms with E-state index in [1.54, 1.807) is 0 Å². The van der Waals surface area contributed by atoms with Crippen molar-refractivity contribution in [1.29, 1.82) is 0 Å². The fourth-order valence-electron chi connectivity index (χ4n) is 5.19. The minimum Gasteiger partial charge on any atom is -0.451 e. The number of fused-ring (bicyclic) bond motifs is 3. The molecular weight excluding hydrogens is 516 g/mol. The quantitative estimate of drug-likeness (QED) is 0.260. The highest BCUT2D eigenvalue weighted by atomic mass is 16.6. The summed E-state index contributed by atoms with van der Waals surface area (Å²) in [5, 5.41) is 2.51. The summed E-state index contributed by atoms with van der Waals surface area (Å²) in [5.41, 5.74) is 13.4. The molecule has 4 aromatic carbocycles. The molecule has 3 N–H and O–H groups in total. The van der Waals surface area contributed by atoms with Crippen LogP contribution < -0.4 is 11.1 Å². The zero-order chi connectivity index (χ0) is 28.9. The second-order valence-electron chi connectivity index (χ2n) is 10.3. The van der Waals surface area contributed by atoms with Crippen LogP contribution in [0.1, 0.15) is 51.8 Å². The van der Waals surface area contributed by atoms with Crippen LogP contribution in [0.2, 0.25) is 0 Å². The third-order valence-corrected chi connectivity index (χ3v) is 7.32. The second kappa shape index (κ2) is 12.1. The number of esters is 1. The molecule has 7 nitrogen and oxygen atoms in total. The van der Waals surface area contributed by atoms with Gasteiger partial charge in [0.15, 0.2) is 6.10 Å². The van der Waals surface area contributed by atoms with Crippen LogP contribution in [0.4, 0.5) is 4.79 Å². The van der Waals surface area contributed by atoms with Gasteiger partial charge in [-0.05, 0) is 47.2 Å². The predicted octanol–water partition coefficient (Wildman–Crippen LogP) is 5.72. The lowest BCUT2D eigenvalue weighted by atomic mass is 9.98. The SMILES string of the molecule is Cc1ccc(C(OC(=O)[C@H](CC(N)=O)NC(=O)OCC2c3ccccc3-c3ccccc32)c2ccc(C)cc2)cc1. The van der Waals surface area contributed by atoms with Crippen molar-refractivity contribution in [3.8, 4) is 11.1 Å². The predicted molar refractivity (Wildman–Crippen MR) is 156 cm³/mol. The molecule has 1 aliphatic carbocycles. The normalized spacial score (nSPS) is 12.8. The van der Waals surface area contributed by atoms with E-state index in [1.165, 1.54) is 0 Å². The molecule has 0 heterocycles. The van der Waals surface area contributed by atoms with Gasteiger partial charge >= 0.3 is 12.1 Å². The Kier molecular flexibility index (Phi) is 8.15. The minimum atomic E-state index is -1.32. The highest BCUT2D eigenvalue weighted by molar-refractivity contribution is 5.87. The van der Waals surface area contributed by atoms with Gasteiger partial charge in [0.2, 0.25) is 5.91 Å². The average Bonchev–Trinajstić information content (AvgIpc) is 3.29. The van der Waals surface area contributed by atoms with Gasteiger partial charge in [0.1, 0.15) is 12.6 Å². The fourth-order valence-corrected chi connectivity index (χ4v) is 5.19. The van der Waals surface area contributed by atoms with E-state index >= 15 is 0 Å². The Labute approximate surface area is 239 Å². The molecule has 2 amide bonds. The van der Waals surface area contributed by atoms with Crippen molar-refractivity contribution in [1.82, 2.24) is 5.32 Å². The fraction of sp³-hybridized carbons (Fsp3) is 0.206. The molecule has 4 aromatic rings. The number of benzene rings is 4. The number of hydrogen-bond donors (Lipinski definition) is 2. The first-order chi connectivity index (χ1) is 19.8. The number of ether oxygens (including phenoxy) is 2. The maximum atomic E-state index is 13.4. The molecule has 0 saturated heterocycles. The Morgan fingerprint density at radius 1 is 0.756 bits per heavy atom. The highest BCUT2D eigenvalue weighted by Crippen LogP contribution is 2.44. The molecule has 0 unspecified atom stereocenters. The molecule has 0 aromatic heterocycles. The molecule has 0 fully saturated rings. The summed E-state index contributed by atoms with van der Waals surface area (Å²) < 4.78 is 11.5. The Hall–Kier alpha value is -4.91. The van der Waals surface area contributed by atoms with E-state index in [4.69, 9.17) is 15.2 Å². The molecule has 0 radical (unpaired) electrons. The van der Waals surface area contributed by atoms with Crippen LogP contribution >= 0.6 is 0 Å². The number of nitrogens with two attached hydrogens (primary N) is 1. The van der Waals surface area contributed by atoms with Crippen molar-refractivity contribution < 1.29 is 23.9 Å². The summed E-state index contributed by atoms with van der Waals surface area (Å²) in [6.45, 7) is 4.00.